The maximum atomic E-state index is 12.6. The van der Waals surface area contributed by atoms with Gasteiger partial charge in [-0.25, -0.2) is 0 Å². The van der Waals surface area contributed by atoms with Gasteiger partial charge < -0.3 is 15.0 Å². The molecule has 2 saturated heterocycles. The van der Waals surface area contributed by atoms with E-state index in [0.29, 0.717) is 43.5 Å². The molecule has 1 aromatic heterocycles. The van der Waals surface area contributed by atoms with E-state index in [1.54, 1.807) is 0 Å². The van der Waals surface area contributed by atoms with Crippen LogP contribution in [-0.2, 0) is 9.53 Å². The maximum absolute atomic E-state index is 12.6. The molecule has 3 heterocycles. The summed E-state index contributed by atoms with van der Waals surface area (Å²) in [5, 5.41) is 2.96. The predicted molar refractivity (Wildman–Crippen MR) is 109 cm³/mol. The highest BCUT2D eigenvalue weighted by Crippen LogP contribution is 2.29. The molecule has 154 valence electrons. The average Bonchev–Trinajstić information content (AvgIpc) is 2.73. The standard InChI is InChI=1S/C21H32N4O3/c1-3-19(26)21-18(23-20(27)15-25-8-10-28-11-9-25)12-17(13-22-21)16-6-5-7-24(4-2)14-16/h12-13,16H,3-11,14-15H2,1-2H3,(H,23,27). The Bertz CT molecular complexity index is 688. The van der Waals surface area contributed by atoms with Gasteiger partial charge in [0.1, 0.15) is 5.69 Å². The first kappa shape index (κ1) is 20.9. The zero-order valence-corrected chi connectivity index (χ0v) is 17.1. The first-order valence-electron chi connectivity index (χ1n) is 10.5. The van der Waals surface area contributed by atoms with Crippen LogP contribution in [0.4, 0.5) is 5.69 Å². The van der Waals surface area contributed by atoms with Crippen LogP contribution in [0.3, 0.4) is 0 Å². The van der Waals surface area contributed by atoms with Crippen molar-refractivity contribution in [3.8, 4) is 0 Å². The van der Waals surface area contributed by atoms with Gasteiger partial charge in [0.25, 0.3) is 0 Å². The van der Waals surface area contributed by atoms with Crippen molar-refractivity contribution in [1.29, 1.82) is 0 Å². The van der Waals surface area contributed by atoms with Crippen LogP contribution in [0.1, 0.15) is 55.1 Å². The van der Waals surface area contributed by atoms with Crippen molar-refractivity contribution in [2.75, 3.05) is 57.8 Å². The van der Waals surface area contributed by atoms with E-state index >= 15 is 0 Å². The Labute approximate surface area is 167 Å². The van der Waals surface area contributed by atoms with Gasteiger partial charge in [-0.3, -0.25) is 19.5 Å². The molecule has 7 heteroatoms. The van der Waals surface area contributed by atoms with Gasteiger partial charge in [-0.15, -0.1) is 0 Å². The summed E-state index contributed by atoms with van der Waals surface area (Å²) in [7, 11) is 0. The summed E-state index contributed by atoms with van der Waals surface area (Å²) in [5.41, 5.74) is 2.02. The molecule has 0 radical (unpaired) electrons. The number of rotatable bonds is 7. The third-order valence-corrected chi connectivity index (χ3v) is 5.66. The lowest BCUT2D eigenvalue weighted by Crippen LogP contribution is -2.41. The number of anilines is 1. The molecule has 2 aliphatic rings. The van der Waals surface area contributed by atoms with E-state index in [2.05, 4.69) is 27.0 Å². The van der Waals surface area contributed by atoms with E-state index in [4.69, 9.17) is 4.74 Å². The third-order valence-electron chi connectivity index (χ3n) is 5.66. The molecule has 0 aliphatic carbocycles. The van der Waals surface area contributed by atoms with Crippen molar-refractivity contribution < 1.29 is 14.3 Å². The summed E-state index contributed by atoms with van der Waals surface area (Å²) in [6.07, 6.45) is 4.46. The Morgan fingerprint density at radius 3 is 2.71 bits per heavy atom. The van der Waals surface area contributed by atoms with Crippen LogP contribution in [0.25, 0.3) is 0 Å². The van der Waals surface area contributed by atoms with Crippen LogP contribution in [0.15, 0.2) is 12.3 Å². The number of carbonyl (C=O) groups is 2. The minimum Gasteiger partial charge on any atom is -0.379 e. The molecule has 28 heavy (non-hydrogen) atoms. The van der Waals surface area contributed by atoms with E-state index in [1.165, 1.54) is 0 Å². The van der Waals surface area contributed by atoms with Crippen LogP contribution in [0.5, 0.6) is 0 Å². The highest BCUT2D eigenvalue weighted by molar-refractivity contribution is 6.03. The molecule has 1 unspecified atom stereocenters. The molecule has 0 saturated carbocycles. The normalized spacial score (nSPS) is 21.4. The molecule has 2 aliphatic heterocycles. The number of likely N-dealkylation sites (N-methyl/N-ethyl adjacent to an activating group) is 1. The lowest BCUT2D eigenvalue weighted by Gasteiger charge is -2.32. The molecule has 0 spiro atoms. The second-order valence-corrected chi connectivity index (χ2v) is 7.61. The number of carbonyl (C=O) groups excluding carboxylic acids is 2. The summed E-state index contributed by atoms with van der Waals surface area (Å²) in [4.78, 5) is 33.9. The minimum absolute atomic E-state index is 0.0490. The molecule has 2 fully saturated rings. The highest BCUT2D eigenvalue weighted by Gasteiger charge is 2.23. The molecule has 3 rings (SSSR count). The van der Waals surface area contributed by atoms with Crippen molar-refractivity contribution in [2.24, 2.45) is 0 Å². The Kier molecular flexibility index (Phi) is 7.53. The van der Waals surface area contributed by atoms with Crippen molar-refractivity contribution in [1.82, 2.24) is 14.8 Å². The molecule has 0 bridgehead atoms. The SMILES string of the molecule is CCC(=O)c1ncc(C2CCCN(CC)C2)cc1NC(=O)CN1CCOCC1. The van der Waals surface area contributed by atoms with Crippen LogP contribution in [0.2, 0.25) is 0 Å². The largest absolute Gasteiger partial charge is 0.379 e. The Balaban J connectivity index is 1.76. The Morgan fingerprint density at radius 2 is 2.00 bits per heavy atom. The van der Waals surface area contributed by atoms with Gasteiger partial charge in [-0.2, -0.15) is 0 Å². The van der Waals surface area contributed by atoms with Crippen LogP contribution in [0, 0.1) is 0 Å². The fraction of sp³-hybridized carbons (Fsp3) is 0.667. The molecule has 0 aromatic carbocycles. The topological polar surface area (TPSA) is 74.8 Å². The summed E-state index contributed by atoms with van der Waals surface area (Å²) in [5.74, 6) is 0.235. The lowest BCUT2D eigenvalue weighted by atomic mass is 9.91. The number of amides is 1. The zero-order valence-electron chi connectivity index (χ0n) is 17.1. The number of ketones is 1. The van der Waals surface area contributed by atoms with Crippen molar-refractivity contribution >= 4 is 17.4 Å². The highest BCUT2D eigenvalue weighted by atomic mass is 16.5. The van der Waals surface area contributed by atoms with Gasteiger partial charge in [-0.05, 0) is 43.5 Å². The van der Waals surface area contributed by atoms with E-state index in [0.717, 1.165) is 51.1 Å². The van der Waals surface area contributed by atoms with Gasteiger partial charge >= 0.3 is 0 Å². The van der Waals surface area contributed by atoms with E-state index in [-0.39, 0.29) is 11.7 Å². The lowest BCUT2D eigenvalue weighted by molar-refractivity contribution is -0.118. The monoisotopic (exact) mass is 388 g/mol. The smallest absolute Gasteiger partial charge is 0.238 e. The van der Waals surface area contributed by atoms with Gasteiger partial charge in [0.15, 0.2) is 5.78 Å². The van der Waals surface area contributed by atoms with Gasteiger partial charge in [0.2, 0.25) is 5.91 Å². The molecule has 1 amide bonds. The second kappa shape index (κ2) is 10.1. The molecule has 1 N–H and O–H groups in total. The average molecular weight is 389 g/mol. The molecule has 1 aromatic rings. The van der Waals surface area contributed by atoms with Crippen LogP contribution < -0.4 is 5.32 Å². The Hall–Kier alpha value is -1.83. The van der Waals surface area contributed by atoms with Gasteiger partial charge in [0.05, 0.1) is 25.4 Å². The number of hydrogen-bond acceptors (Lipinski definition) is 6. The number of nitrogens with one attached hydrogen (secondary N) is 1. The first-order chi connectivity index (χ1) is 13.6. The molecule has 1 atom stereocenters. The number of morpholine rings is 1. The number of piperidine rings is 1. The number of hydrogen-bond donors (Lipinski definition) is 1. The first-order valence-corrected chi connectivity index (χ1v) is 10.5. The van der Waals surface area contributed by atoms with E-state index < -0.39 is 0 Å². The number of nitrogens with zero attached hydrogens (tertiary/aromatic N) is 3. The number of aromatic nitrogens is 1. The van der Waals surface area contributed by atoms with Crippen molar-refractivity contribution in [3.63, 3.8) is 0 Å². The third kappa shape index (κ3) is 5.37. The van der Waals surface area contributed by atoms with Crippen molar-refractivity contribution in [3.05, 3.63) is 23.5 Å². The van der Waals surface area contributed by atoms with Crippen molar-refractivity contribution in [2.45, 2.75) is 39.0 Å². The fourth-order valence-electron chi connectivity index (χ4n) is 3.96. The number of pyridine rings is 1. The second-order valence-electron chi connectivity index (χ2n) is 7.61. The predicted octanol–water partition coefficient (Wildman–Crippen LogP) is 2.14. The molecular formula is C21H32N4O3. The van der Waals surface area contributed by atoms with Gasteiger partial charge in [0, 0.05) is 32.3 Å². The number of Topliss-reactive ketones (excluding diaryl/α,β-unsaturated/α-hetero) is 1. The summed E-state index contributed by atoms with van der Waals surface area (Å²) in [6.45, 7) is 10.3. The van der Waals surface area contributed by atoms with E-state index in [1.807, 2.05) is 19.2 Å². The summed E-state index contributed by atoms with van der Waals surface area (Å²) >= 11 is 0. The van der Waals surface area contributed by atoms with Gasteiger partial charge in [-0.1, -0.05) is 13.8 Å². The minimum atomic E-state index is -0.107. The van der Waals surface area contributed by atoms with Crippen LogP contribution in [-0.4, -0.2) is 79.0 Å². The van der Waals surface area contributed by atoms with E-state index in [9.17, 15) is 9.59 Å². The maximum Gasteiger partial charge on any atom is 0.238 e. The fourth-order valence-corrected chi connectivity index (χ4v) is 3.96. The zero-order chi connectivity index (χ0) is 19.9. The summed E-state index contributed by atoms with van der Waals surface area (Å²) in [6, 6.07) is 1.97. The number of likely N-dealkylation sites (tertiary alicyclic amines) is 1. The number of ether oxygens (including phenoxy) is 1. The summed E-state index contributed by atoms with van der Waals surface area (Å²) < 4.78 is 5.33. The molecule has 7 nitrogen and oxygen atoms in total. The Morgan fingerprint density at radius 1 is 1.21 bits per heavy atom. The quantitative estimate of drug-likeness (QED) is 0.722. The van der Waals surface area contributed by atoms with Crippen LogP contribution >= 0.6 is 0 Å². The molecular weight excluding hydrogens is 356 g/mol.